The van der Waals surface area contributed by atoms with Gasteiger partial charge < -0.3 is 4.74 Å². The molecule has 0 aliphatic rings. The van der Waals surface area contributed by atoms with Crippen LogP contribution in [0.2, 0.25) is 0 Å². The number of methoxy groups -OCH3 is 1. The molecule has 0 N–H and O–H groups in total. The van der Waals surface area contributed by atoms with E-state index in [9.17, 15) is 35.9 Å². The zero-order valence-electron chi connectivity index (χ0n) is 13.0. The standard InChI is InChI=1S/C17H10F6O3/c1-26-15(25)14(24)13-5-3-2-4-12(13)9-6-10(16(18,19)20)8-11(7-9)17(21,22)23/h2-8H,1H3. The summed E-state index contributed by atoms with van der Waals surface area (Å²) in [6.45, 7) is 0. The van der Waals surface area contributed by atoms with Crippen molar-refractivity contribution in [2.75, 3.05) is 7.11 Å². The van der Waals surface area contributed by atoms with Crippen LogP contribution < -0.4 is 0 Å². The number of hydrogen-bond donors (Lipinski definition) is 0. The SMILES string of the molecule is COC(=O)C(=O)c1ccccc1-c1cc(C(F)(F)F)cc(C(F)(F)F)c1. The Morgan fingerprint density at radius 1 is 0.846 bits per heavy atom. The van der Waals surface area contributed by atoms with E-state index in [1.54, 1.807) is 0 Å². The van der Waals surface area contributed by atoms with Crippen LogP contribution in [0.25, 0.3) is 11.1 Å². The van der Waals surface area contributed by atoms with E-state index >= 15 is 0 Å². The van der Waals surface area contributed by atoms with Crippen molar-refractivity contribution in [3.8, 4) is 11.1 Å². The minimum Gasteiger partial charge on any atom is -0.463 e. The summed E-state index contributed by atoms with van der Waals surface area (Å²) in [4.78, 5) is 23.4. The number of ether oxygens (including phenoxy) is 1. The van der Waals surface area contributed by atoms with Crippen molar-refractivity contribution in [2.45, 2.75) is 12.4 Å². The summed E-state index contributed by atoms with van der Waals surface area (Å²) in [6.07, 6.45) is -10.1. The zero-order valence-corrected chi connectivity index (χ0v) is 13.0. The van der Waals surface area contributed by atoms with E-state index in [1.807, 2.05) is 0 Å². The molecule has 0 atom stereocenters. The van der Waals surface area contributed by atoms with Gasteiger partial charge in [0.2, 0.25) is 0 Å². The van der Waals surface area contributed by atoms with Gasteiger partial charge in [-0.3, -0.25) is 4.79 Å². The second kappa shape index (κ2) is 6.81. The Hall–Kier alpha value is -2.84. The molecule has 26 heavy (non-hydrogen) atoms. The van der Waals surface area contributed by atoms with Crippen LogP contribution in [0.3, 0.4) is 0 Å². The van der Waals surface area contributed by atoms with Crippen LogP contribution in [0.4, 0.5) is 26.3 Å². The summed E-state index contributed by atoms with van der Waals surface area (Å²) < 4.78 is 82.2. The highest BCUT2D eigenvalue weighted by Gasteiger charge is 2.37. The van der Waals surface area contributed by atoms with E-state index in [0.717, 1.165) is 19.2 Å². The van der Waals surface area contributed by atoms with Crippen molar-refractivity contribution in [1.82, 2.24) is 0 Å². The largest absolute Gasteiger partial charge is 0.463 e. The molecule has 2 aromatic carbocycles. The highest BCUT2D eigenvalue weighted by atomic mass is 19.4. The lowest BCUT2D eigenvalue weighted by molar-refractivity contribution is -0.143. The lowest BCUT2D eigenvalue weighted by Crippen LogP contribution is -2.17. The topological polar surface area (TPSA) is 43.4 Å². The summed E-state index contributed by atoms with van der Waals surface area (Å²) in [5.74, 6) is -2.48. The molecule has 0 aliphatic heterocycles. The number of rotatable bonds is 3. The third kappa shape index (κ3) is 4.04. The molecule has 0 unspecified atom stereocenters. The Balaban J connectivity index is 2.73. The van der Waals surface area contributed by atoms with Crippen molar-refractivity contribution < 1.29 is 40.7 Å². The third-order valence-electron chi connectivity index (χ3n) is 3.44. The number of Topliss-reactive ketones (excluding diaryl/α,β-unsaturated/α-hetero) is 1. The second-order valence-corrected chi connectivity index (χ2v) is 5.16. The smallest absolute Gasteiger partial charge is 0.416 e. The van der Waals surface area contributed by atoms with Crippen LogP contribution in [0, 0.1) is 0 Å². The number of ketones is 1. The average Bonchev–Trinajstić information content (AvgIpc) is 2.58. The molecule has 0 bridgehead atoms. The van der Waals surface area contributed by atoms with Crippen LogP contribution in [0.1, 0.15) is 21.5 Å². The number of esters is 1. The lowest BCUT2D eigenvalue weighted by Gasteiger charge is -2.15. The first-order valence-electron chi connectivity index (χ1n) is 6.96. The van der Waals surface area contributed by atoms with Gasteiger partial charge in [0.15, 0.2) is 0 Å². The Labute approximate surface area is 143 Å². The van der Waals surface area contributed by atoms with E-state index in [4.69, 9.17) is 0 Å². The van der Waals surface area contributed by atoms with Gasteiger partial charge in [0.25, 0.3) is 5.78 Å². The van der Waals surface area contributed by atoms with Crippen LogP contribution >= 0.6 is 0 Å². The molecule has 0 heterocycles. The quantitative estimate of drug-likeness (QED) is 0.336. The summed E-state index contributed by atoms with van der Waals surface area (Å²) >= 11 is 0. The van der Waals surface area contributed by atoms with Gasteiger partial charge in [0.05, 0.1) is 18.2 Å². The minimum absolute atomic E-state index is 0.0196. The van der Waals surface area contributed by atoms with E-state index in [1.165, 1.54) is 12.1 Å². The van der Waals surface area contributed by atoms with E-state index < -0.39 is 40.8 Å². The molecule has 0 saturated heterocycles. The van der Waals surface area contributed by atoms with Gasteiger partial charge in [-0.25, -0.2) is 4.79 Å². The Kier molecular flexibility index (Phi) is 5.11. The molecule has 0 aromatic heterocycles. The fraction of sp³-hybridized carbons (Fsp3) is 0.176. The third-order valence-corrected chi connectivity index (χ3v) is 3.44. The number of alkyl halides is 6. The van der Waals surface area contributed by atoms with Gasteiger partial charge in [-0.1, -0.05) is 24.3 Å². The molecule has 2 aromatic rings. The molecule has 0 aliphatic carbocycles. The molecule has 0 saturated carbocycles. The maximum absolute atomic E-state index is 13.0. The minimum atomic E-state index is -5.03. The monoisotopic (exact) mass is 376 g/mol. The number of halogens is 6. The first-order chi connectivity index (χ1) is 11.9. The van der Waals surface area contributed by atoms with Gasteiger partial charge in [0.1, 0.15) is 0 Å². The maximum Gasteiger partial charge on any atom is 0.416 e. The Morgan fingerprint density at radius 2 is 1.35 bits per heavy atom. The molecule has 0 fully saturated rings. The molecule has 0 amide bonds. The number of benzene rings is 2. The van der Waals surface area contributed by atoms with Gasteiger partial charge in [0, 0.05) is 5.56 Å². The predicted octanol–water partition coefficient (Wildman–Crippen LogP) is 4.75. The molecule has 2 rings (SSSR count). The van der Waals surface area contributed by atoms with Crippen molar-refractivity contribution >= 4 is 11.8 Å². The fourth-order valence-corrected chi connectivity index (χ4v) is 2.25. The van der Waals surface area contributed by atoms with Gasteiger partial charge in [-0.2, -0.15) is 26.3 Å². The van der Waals surface area contributed by atoms with Crippen molar-refractivity contribution in [1.29, 1.82) is 0 Å². The highest BCUT2D eigenvalue weighted by Crippen LogP contribution is 2.39. The molecule has 3 nitrogen and oxygen atoms in total. The second-order valence-electron chi connectivity index (χ2n) is 5.16. The summed E-state index contributed by atoms with van der Waals surface area (Å²) in [7, 11) is 0.925. The predicted molar refractivity (Wildman–Crippen MR) is 78.2 cm³/mol. The van der Waals surface area contributed by atoms with Crippen LogP contribution in [0.15, 0.2) is 42.5 Å². The lowest BCUT2D eigenvalue weighted by atomic mass is 9.94. The van der Waals surface area contributed by atoms with Gasteiger partial charge in [-0.05, 0) is 29.3 Å². The van der Waals surface area contributed by atoms with Crippen molar-refractivity contribution in [3.63, 3.8) is 0 Å². The Morgan fingerprint density at radius 3 is 1.81 bits per heavy atom. The summed E-state index contributed by atoms with van der Waals surface area (Å²) in [6, 6.07) is 5.84. The van der Waals surface area contributed by atoms with Gasteiger partial charge >= 0.3 is 18.3 Å². The van der Waals surface area contributed by atoms with Gasteiger partial charge in [-0.15, -0.1) is 0 Å². The summed E-state index contributed by atoms with van der Waals surface area (Å²) in [5.41, 5.74) is -4.17. The number of carbonyl (C=O) groups is 2. The molecule has 0 spiro atoms. The van der Waals surface area contributed by atoms with Crippen LogP contribution in [-0.4, -0.2) is 18.9 Å². The highest BCUT2D eigenvalue weighted by molar-refractivity contribution is 6.41. The Bertz CT molecular complexity index is 820. The van der Waals surface area contributed by atoms with E-state index in [0.29, 0.717) is 12.1 Å². The zero-order chi connectivity index (χ0) is 19.7. The molecular weight excluding hydrogens is 366 g/mol. The normalized spacial score (nSPS) is 12.0. The summed E-state index contributed by atoms with van der Waals surface area (Å²) in [5, 5.41) is 0. The fourth-order valence-electron chi connectivity index (χ4n) is 2.25. The first-order valence-corrected chi connectivity index (χ1v) is 6.96. The van der Waals surface area contributed by atoms with Crippen molar-refractivity contribution in [3.05, 3.63) is 59.2 Å². The van der Waals surface area contributed by atoms with Crippen molar-refractivity contribution in [2.24, 2.45) is 0 Å². The molecule has 138 valence electrons. The molecule has 9 heteroatoms. The molecular formula is C17H10F6O3. The van der Waals surface area contributed by atoms with E-state index in [2.05, 4.69) is 4.74 Å². The van der Waals surface area contributed by atoms with E-state index in [-0.39, 0.29) is 17.2 Å². The average molecular weight is 376 g/mol. The number of carbonyl (C=O) groups excluding carboxylic acids is 2. The van der Waals surface area contributed by atoms with Crippen LogP contribution in [0.5, 0.6) is 0 Å². The first kappa shape index (κ1) is 19.5. The maximum atomic E-state index is 13.0. The number of hydrogen-bond acceptors (Lipinski definition) is 3. The molecule has 0 radical (unpaired) electrons. The van der Waals surface area contributed by atoms with Crippen LogP contribution in [-0.2, 0) is 21.9 Å².